The lowest BCUT2D eigenvalue weighted by molar-refractivity contribution is -0.135. The van der Waals surface area contributed by atoms with Crippen molar-refractivity contribution in [2.24, 2.45) is 5.73 Å². The molecule has 1 heterocycles. The van der Waals surface area contributed by atoms with Crippen molar-refractivity contribution in [3.05, 3.63) is 29.8 Å². The maximum absolute atomic E-state index is 12.2. The van der Waals surface area contributed by atoms with E-state index in [2.05, 4.69) is 17.0 Å². The molecule has 1 aromatic rings. The van der Waals surface area contributed by atoms with Crippen LogP contribution in [0.5, 0.6) is 5.75 Å². The lowest BCUT2D eigenvalue weighted by atomic mass is 10.1. The molecule has 1 aliphatic rings. The monoisotopic (exact) mass is 407 g/mol. The molecule has 1 saturated heterocycles. The molecule has 1 aromatic carbocycles. The van der Waals surface area contributed by atoms with E-state index >= 15 is 0 Å². The molecule has 1 atom stereocenters. The molecule has 0 aromatic heterocycles. The Kier molecular flexibility index (Phi) is 12.6. The van der Waals surface area contributed by atoms with Crippen molar-refractivity contribution in [1.29, 1.82) is 0 Å². The average molecular weight is 408 g/mol. The van der Waals surface area contributed by atoms with Crippen LogP contribution >= 0.6 is 24.8 Å². The molecule has 0 spiro atoms. The first-order valence-corrected chi connectivity index (χ1v) is 8.61. The molecule has 0 aliphatic carbocycles. The summed E-state index contributed by atoms with van der Waals surface area (Å²) in [6.07, 6.45) is 0.186. The lowest BCUT2D eigenvalue weighted by Gasteiger charge is -2.35. The van der Waals surface area contributed by atoms with E-state index in [1.54, 1.807) is 7.11 Å². The Labute approximate surface area is 168 Å². The number of benzene rings is 1. The molecule has 1 fully saturated rings. The standard InChI is InChI=1S/C18H29N3O3.2ClH/c1-3-24-16-6-4-15(5-7-16)14-20-8-10-21(11-9-20)18(22)12-17(13-19)23-2;;/h4-7,17H,3,8-14,19H2,1-2H3;2*1H. The summed E-state index contributed by atoms with van der Waals surface area (Å²) in [4.78, 5) is 16.5. The van der Waals surface area contributed by atoms with E-state index in [4.69, 9.17) is 15.2 Å². The number of halogens is 2. The van der Waals surface area contributed by atoms with Gasteiger partial charge in [-0.05, 0) is 24.6 Å². The number of methoxy groups -OCH3 is 1. The van der Waals surface area contributed by atoms with E-state index < -0.39 is 0 Å². The van der Waals surface area contributed by atoms with Gasteiger partial charge in [0.1, 0.15) is 5.75 Å². The number of carbonyl (C=O) groups is 1. The second-order valence-electron chi connectivity index (χ2n) is 6.03. The minimum absolute atomic E-state index is 0. The summed E-state index contributed by atoms with van der Waals surface area (Å²) >= 11 is 0. The molecule has 2 N–H and O–H groups in total. The number of amides is 1. The van der Waals surface area contributed by atoms with E-state index in [1.165, 1.54) is 5.56 Å². The summed E-state index contributed by atoms with van der Waals surface area (Å²) in [6.45, 7) is 7.24. The Bertz CT molecular complexity index is 505. The Morgan fingerprint density at radius 1 is 1.15 bits per heavy atom. The van der Waals surface area contributed by atoms with Gasteiger partial charge in [-0.1, -0.05) is 12.1 Å². The Balaban J connectivity index is 0.00000312. The highest BCUT2D eigenvalue weighted by atomic mass is 35.5. The van der Waals surface area contributed by atoms with Crippen LogP contribution in [0.1, 0.15) is 18.9 Å². The predicted molar refractivity (Wildman–Crippen MR) is 108 cm³/mol. The summed E-state index contributed by atoms with van der Waals surface area (Å²) in [5.74, 6) is 1.04. The van der Waals surface area contributed by atoms with E-state index in [-0.39, 0.29) is 36.8 Å². The van der Waals surface area contributed by atoms with Crippen molar-refractivity contribution < 1.29 is 14.3 Å². The van der Waals surface area contributed by atoms with Gasteiger partial charge in [-0.25, -0.2) is 0 Å². The first kappa shape index (κ1) is 24.9. The second-order valence-corrected chi connectivity index (χ2v) is 6.03. The predicted octanol–water partition coefficient (Wildman–Crippen LogP) is 1.94. The van der Waals surface area contributed by atoms with Gasteiger partial charge in [0.15, 0.2) is 0 Å². The maximum Gasteiger partial charge on any atom is 0.225 e. The van der Waals surface area contributed by atoms with Crippen LogP contribution in [0.4, 0.5) is 0 Å². The smallest absolute Gasteiger partial charge is 0.225 e. The number of rotatable bonds is 8. The first-order valence-electron chi connectivity index (χ1n) is 8.61. The maximum atomic E-state index is 12.2. The molecule has 0 radical (unpaired) electrons. The van der Waals surface area contributed by atoms with Crippen molar-refractivity contribution in [1.82, 2.24) is 9.80 Å². The Morgan fingerprint density at radius 2 is 1.77 bits per heavy atom. The Hall–Kier alpha value is -1.05. The van der Waals surface area contributed by atoms with Crippen molar-refractivity contribution in [2.45, 2.75) is 26.0 Å². The highest BCUT2D eigenvalue weighted by Gasteiger charge is 2.23. The largest absolute Gasteiger partial charge is 0.494 e. The Morgan fingerprint density at radius 3 is 2.27 bits per heavy atom. The molecule has 0 bridgehead atoms. The van der Waals surface area contributed by atoms with Gasteiger partial charge in [0.2, 0.25) is 5.91 Å². The van der Waals surface area contributed by atoms with Crippen molar-refractivity contribution in [2.75, 3.05) is 46.4 Å². The number of nitrogens with two attached hydrogens (primary N) is 1. The van der Waals surface area contributed by atoms with Crippen LogP contribution in [0.2, 0.25) is 0 Å². The fourth-order valence-electron chi connectivity index (χ4n) is 2.86. The lowest BCUT2D eigenvalue weighted by Crippen LogP contribution is -2.49. The number of hydrogen-bond acceptors (Lipinski definition) is 5. The van der Waals surface area contributed by atoms with Crippen molar-refractivity contribution in [3.63, 3.8) is 0 Å². The molecule has 1 amide bonds. The number of carbonyl (C=O) groups excluding carboxylic acids is 1. The fraction of sp³-hybridized carbons (Fsp3) is 0.611. The van der Waals surface area contributed by atoms with Crippen LogP contribution in [0.25, 0.3) is 0 Å². The summed E-state index contributed by atoms with van der Waals surface area (Å²) in [7, 11) is 1.60. The molecule has 0 saturated carbocycles. The zero-order valence-electron chi connectivity index (χ0n) is 15.6. The zero-order chi connectivity index (χ0) is 17.4. The van der Waals surface area contributed by atoms with Crippen LogP contribution in [0, 0.1) is 0 Å². The summed E-state index contributed by atoms with van der Waals surface area (Å²) < 4.78 is 10.7. The minimum Gasteiger partial charge on any atom is -0.494 e. The highest BCUT2D eigenvalue weighted by Crippen LogP contribution is 2.15. The van der Waals surface area contributed by atoms with Gasteiger partial charge >= 0.3 is 0 Å². The van der Waals surface area contributed by atoms with Gasteiger partial charge in [0.25, 0.3) is 0 Å². The van der Waals surface area contributed by atoms with Gasteiger partial charge in [0, 0.05) is 46.4 Å². The van der Waals surface area contributed by atoms with E-state index in [9.17, 15) is 4.79 Å². The van der Waals surface area contributed by atoms with Crippen LogP contribution < -0.4 is 10.5 Å². The summed E-state index contributed by atoms with van der Waals surface area (Å²) in [5.41, 5.74) is 6.85. The van der Waals surface area contributed by atoms with Crippen LogP contribution in [-0.4, -0.2) is 68.3 Å². The van der Waals surface area contributed by atoms with Crippen LogP contribution in [0.15, 0.2) is 24.3 Å². The molecular formula is C18H31Cl2N3O3. The quantitative estimate of drug-likeness (QED) is 0.712. The van der Waals surface area contributed by atoms with E-state index in [1.807, 2.05) is 24.0 Å². The SMILES string of the molecule is CCOc1ccc(CN2CCN(C(=O)CC(CN)OC)CC2)cc1.Cl.Cl. The molecule has 1 unspecified atom stereocenters. The molecule has 2 rings (SSSR count). The average Bonchev–Trinajstić information content (AvgIpc) is 2.62. The van der Waals surface area contributed by atoms with Crippen LogP contribution in [0.3, 0.4) is 0 Å². The third-order valence-electron chi connectivity index (χ3n) is 4.36. The topological polar surface area (TPSA) is 68.0 Å². The van der Waals surface area contributed by atoms with Crippen LogP contribution in [-0.2, 0) is 16.1 Å². The van der Waals surface area contributed by atoms with Gasteiger partial charge in [-0.2, -0.15) is 0 Å². The van der Waals surface area contributed by atoms with Gasteiger partial charge in [0.05, 0.1) is 19.1 Å². The minimum atomic E-state index is -0.181. The number of nitrogens with zero attached hydrogens (tertiary/aromatic N) is 2. The molecular weight excluding hydrogens is 377 g/mol. The number of hydrogen-bond donors (Lipinski definition) is 1. The molecule has 6 nitrogen and oxygen atoms in total. The molecule has 26 heavy (non-hydrogen) atoms. The van der Waals surface area contributed by atoms with Gasteiger partial charge in [-0.15, -0.1) is 24.8 Å². The second kappa shape index (κ2) is 13.2. The number of piperazine rings is 1. The van der Waals surface area contributed by atoms with Crippen molar-refractivity contribution >= 4 is 30.7 Å². The first-order chi connectivity index (χ1) is 11.7. The third kappa shape index (κ3) is 7.68. The zero-order valence-corrected chi connectivity index (χ0v) is 17.2. The normalized spacial score (nSPS) is 15.6. The summed E-state index contributed by atoms with van der Waals surface area (Å²) in [5, 5.41) is 0. The van der Waals surface area contributed by atoms with E-state index in [0.717, 1.165) is 38.5 Å². The fourth-order valence-corrected chi connectivity index (χ4v) is 2.86. The summed E-state index contributed by atoms with van der Waals surface area (Å²) in [6, 6.07) is 8.23. The molecule has 150 valence electrons. The third-order valence-corrected chi connectivity index (χ3v) is 4.36. The van der Waals surface area contributed by atoms with Gasteiger partial charge < -0.3 is 20.1 Å². The molecule has 1 aliphatic heterocycles. The van der Waals surface area contributed by atoms with Gasteiger partial charge in [-0.3, -0.25) is 9.69 Å². The molecule has 8 heteroatoms. The number of ether oxygens (including phenoxy) is 2. The van der Waals surface area contributed by atoms with E-state index in [0.29, 0.717) is 19.6 Å². The van der Waals surface area contributed by atoms with Crippen molar-refractivity contribution in [3.8, 4) is 5.75 Å². The highest BCUT2D eigenvalue weighted by molar-refractivity contribution is 5.85.